The van der Waals surface area contributed by atoms with Crippen LogP contribution >= 0.6 is 0 Å². The first-order valence-corrected chi connectivity index (χ1v) is 8.45. The van der Waals surface area contributed by atoms with Gasteiger partial charge in [-0.05, 0) is 60.2 Å². The highest BCUT2D eigenvalue weighted by atomic mass is 19.4. The molecule has 27 heavy (non-hydrogen) atoms. The first kappa shape index (κ1) is 19.3. The summed E-state index contributed by atoms with van der Waals surface area (Å²) in [5.74, 6) is -5.36. The number of aryl methyl sites for hydroxylation is 1. The summed E-state index contributed by atoms with van der Waals surface area (Å²) >= 11 is 0. The van der Waals surface area contributed by atoms with Gasteiger partial charge >= 0.3 is 6.36 Å². The number of benzene rings is 2. The third-order valence-corrected chi connectivity index (χ3v) is 4.40. The van der Waals surface area contributed by atoms with Crippen molar-refractivity contribution in [1.29, 1.82) is 0 Å². The Kier molecular flexibility index (Phi) is 5.22. The highest BCUT2D eigenvalue weighted by molar-refractivity contribution is 5.71. The summed E-state index contributed by atoms with van der Waals surface area (Å²) in [5.41, 5.74) is 2.48. The fourth-order valence-corrected chi connectivity index (χ4v) is 3.24. The summed E-state index contributed by atoms with van der Waals surface area (Å²) in [6.07, 6.45) is 0.0492. The van der Waals surface area contributed by atoms with E-state index in [1.54, 1.807) is 0 Å². The molecule has 0 spiro atoms. The molecule has 0 radical (unpaired) electrons. The molecule has 0 N–H and O–H groups in total. The van der Waals surface area contributed by atoms with Crippen LogP contribution in [-0.4, -0.2) is 6.36 Å². The predicted octanol–water partition coefficient (Wildman–Crippen LogP) is 6.80. The van der Waals surface area contributed by atoms with Gasteiger partial charge in [0.2, 0.25) is 5.75 Å². The summed E-state index contributed by atoms with van der Waals surface area (Å²) in [7, 11) is 0. The lowest BCUT2D eigenvalue weighted by Crippen LogP contribution is -2.19. The first-order valence-electron chi connectivity index (χ1n) is 8.45. The Bertz CT molecular complexity index is 875. The molecule has 0 aromatic heterocycles. The zero-order valence-electron chi connectivity index (χ0n) is 14.4. The molecule has 0 heterocycles. The molecule has 0 bridgehead atoms. The van der Waals surface area contributed by atoms with Crippen LogP contribution in [0.4, 0.5) is 26.3 Å². The number of hydrogen-bond acceptors (Lipinski definition) is 1. The van der Waals surface area contributed by atoms with Gasteiger partial charge in [0.15, 0.2) is 11.6 Å². The van der Waals surface area contributed by atoms with Gasteiger partial charge in [-0.1, -0.05) is 25.0 Å². The highest BCUT2D eigenvalue weighted by Gasteiger charge is 2.34. The van der Waals surface area contributed by atoms with Crippen LogP contribution in [0.2, 0.25) is 0 Å². The maximum atomic E-state index is 14.5. The maximum Gasteiger partial charge on any atom is 0.573 e. The Balaban J connectivity index is 2.01. The van der Waals surface area contributed by atoms with Crippen LogP contribution in [0.25, 0.3) is 17.2 Å². The quantitative estimate of drug-likeness (QED) is 0.525. The van der Waals surface area contributed by atoms with Crippen molar-refractivity contribution in [1.82, 2.24) is 0 Å². The minimum Gasteiger partial charge on any atom is -0.399 e. The van der Waals surface area contributed by atoms with Gasteiger partial charge in [0, 0.05) is 5.56 Å². The van der Waals surface area contributed by atoms with Crippen molar-refractivity contribution in [3.05, 3.63) is 58.4 Å². The number of alkyl halides is 3. The topological polar surface area (TPSA) is 9.23 Å². The summed E-state index contributed by atoms with van der Waals surface area (Å²) in [6, 6.07) is 4.05. The molecule has 0 unspecified atom stereocenters. The van der Waals surface area contributed by atoms with Crippen molar-refractivity contribution in [2.45, 2.75) is 39.0 Å². The van der Waals surface area contributed by atoms with E-state index in [9.17, 15) is 26.3 Å². The normalized spacial score (nSPS) is 14.0. The van der Waals surface area contributed by atoms with Gasteiger partial charge in [-0.2, -0.15) is 0 Å². The van der Waals surface area contributed by atoms with E-state index in [-0.39, 0.29) is 11.1 Å². The van der Waals surface area contributed by atoms with Crippen molar-refractivity contribution in [2.75, 3.05) is 0 Å². The fourth-order valence-electron chi connectivity index (χ4n) is 3.24. The molecule has 0 saturated heterocycles. The minimum atomic E-state index is -5.23. The monoisotopic (exact) mass is 386 g/mol. The summed E-state index contributed by atoms with van der Waals surface area (Å²) in [5, 5.41) is 0. The predicted molar refractivity (Wildman–Crippen MR) is 89.6 cm³/mol. The molecule has 1 nitrogen and oxygen atoms in total. The van der Waals surface area contributed by atoms with E-state index in [1.807, 2.05) is 6.08 Å². The average Bonchev–Trinajstić information content (AvgIpc) is 2.57. The van der Waals surface area contributed by atoms with E-state index in [0.29, 0.717) is 24.1 Å². The van der Waals surface area contributed by atoms with E-state index >= 15 is 0 Å². The summed E-state index contributed by atoms with van der Waals surface area (Å²) < 4.78 is 82.5. The Morgan fingerprint density at radius 1 is 0.926 bits per heavy atom. The standard InChI is InChI=1S/C20H16F6O/c1-2-3-11-4-5-12-7-15(16(21)8-13(12)6-11)14-9-17(22)19(18(23)10-14)27-20(24,25)26/h6-10H,2-5H2,1H3. The Morgan fingerprint density at radius 3 is 2.19 bits per heavy atom. The number of hydrogen-bond donors (Lipinski definition) is 0. The van der Waals surface area contributed by atoms with Gasteiger partial charge in [0.1, 0.15) is 5.82 Å². The SMILES string of the molecule is CCCC1=Cc2cc(F)c(-c3cc(F)c(OC(F)(F)F)c(F)c3)cc2CC1. The fraction of sp³-hybridized carbons (Fsp3) is 0.300. The highest BCUT2D eigenvalue weighted by Crippen LogP contribution is 2.36. The lowest BCUT2D eigenvalue weighted by atomic mass is 9.88. The smallest absolute Gasteiger partial charge is 0.399 e. The number of allylic oxidation sites excluding steroid dienone is 1. The Morgan fingerprint density at radius 2 is 1.59 bits per heavy atom. The lowest BCUT2D eigenvalue weighted by Gasteiger charge is -2.18. The molecule has 7 heteroatoms. The van der Waals surface area contributed by atoms with Gasteiger partial charge in [-0.15, -0.1) is 13.2 Å². The van der Waals surface area contributed by atoms with Crippen LogP contribution in [0.15, 0.2) is 29.8 Å². The molecule has 2 aromatic carbocycles. The molecule has 0 atom stereocenters. The van der Waals surface area contributed by atoms with Gasteiger partial charge in [-0.3, -0.25) is 0 Å². The second kappa shape index (κ2) is 7.29. The molecule has 1 aliphatic rings. The minimum absolute atomic E-state index is 0.0718. The lowest BCUT2D eigenvalue weighted by molar-refractivity contribution is -0.276. The van der Waals surface area contributed by atoms with Gasteiger partial charge < -0.3 is 4.74 Å². The van der Waals surface area contributed by atoms with Gasteiger partial charge in [0.05, 0.1) is 0 Å². The second-order valence-corrected chi connectivity index (χ2v) is 6.40. The number of ether oxygens (including phenoxy) is 1. The summed E-state index contributed by atoms with van der Waals surface area (Å²) in [6.45, 7) is 2.05. The van der Waals surface area contributed by atoms with E-state index in [4.69, 9.17) is 0 Å². The third-order valence-electron chi connectivity index (χ3n) is 4.40. The van der Waals surface area contributed by atoms with Crippen LogP contribution in [0.1, 0.15) is 37.3 Å². The second-order valence-electron chi connectivity index (χ2n) is 6.40. The van der Waals surface area contributed by atoms with Crippen LogP contribution in [-0.2, 0) is 6.42 Å². The van der Waals surface area contributed by atoms with E-state index in [2.05, 4.69) is 11.7 Å². The Labute approximate surface area is 152 Å². The van der Waals surface area contributed by atoms with Crippen LogP contribution < -0.4 is 4.74 Å². The third kappa shape index (κ3) is 4.28. The zero-order valence-corrected chi connectivity index (χ0v) is 14.4. The summed E-state index contributed by atoms with van der Waals surface area (Å²) in [4.78, 5) is 0. The van der Waals surface area contributed by atoms with Gasteiger partial charge in [-0.25, -0.2) is 13.2 Å². The number of rotatable bonds is 4. The molecule has 0 fully saturated rings. The van der Waals surface area contributed by atoms with Crippen molar-refractivity contribution in [3.8, 4) is 16.9 Å². The largest absolute Gasteiger partial charge is 0.573 e. The maximum absolute atomic E-state index is 14.5. The molecular weight excluding hydrogens is 370 g/mol. The zero-order chi connectivity index (χ0) is 19.8. The van der Waals surface area contributed by atoms with Crippen LogP contribution in [0.5, 0.6) is 5.75 Å². The molecule has 144 valence electrons. The molecule has 0 amide bonds. The van der Waals surface area contributed by atoms with Crippen molar-refractivity contribution >= 4 is 6.08 Å². The average molecular weight is 386 g/mol. The van der Waals surface area contributed by atoms with E-state index < -0.39 is 29.6 Å². The molecular formula is C20H16F6O. The van der Waals surface area contributed by atoms with E-state index in [1.165, 1.54) is 17.7 Å². The molecule has 3 rings (SSSR count). The van der Waals surface area contributed by atoms with Crippen LogP contribution in [0, 0.1) is 17.5 Å². The van der Waals surface area contributed by atoms with Gasteiger partial charge in [0.25, 0.3) is 0 Å². The number of fused-ring (bicyclic) bond motifs is 1. The van der Waals surface area contributed by atoms with Crippen molar-refractivity contribution in [2.24, 2.45) is 0 Å². The molecule has 2 aromatic rings. The molecule has 0 aliphatic heterocycles. The van der Waals surface area contributed by atoms with Crippen LogP contribution in [0.3, 0.4) is 0 Å². The molecule has 0 saturated carbocycles. The van der Waals surface area contributed by atoms with Crippen molar-refractivity contribution in [3.63, 3.8) is 0 Å². The molecule has 1 aliphatic carbocycles. The number of halogens is 6. The van der Waals surface area contributed by atoms with E-state index in [0.717, 1.165) is 24.8 Å². The van der Waals surface area contributed by atoms with Crippen molar-refractivity contribution < 1.29 is 31.1 Å². The first-order chi connectivity index (χ1) is 12.7. The Hall–Kier alpha value is -2.44.